The molecule has 1 heterocycles. The molecule has 0 radical (unpaired) electrons. The highest BCUT2D eigenvalue weighted by atomic mass is 14.9. The fourth-order valence-corrected chi connectivity index (χ4v) is 3.77. The van der Waals surface area contributed by atoms with Crippen LogP contribution in [0.4, 0.5) is 11.4 Å². The van der Waals surface area contributed by atoms with Crippen LogP contribution in [-0.2, 0) is 0 Å². The van der Waals surface area contributed by atoms with Gasteiger partial charge in [-0.15, -0.1) is 0 Å². The van der Waals surface area contributed by atoms with Gasteiger partial charge in [0.2, 0.25) is 0 Å². The van der Waals surface area contributed by atoms with Gasteiger partial charge in [0, 0.05) is 22.3 Å². The molecule has 0 aliphatic carbocycles. The fourth-order valence-electron chi connectivity index (χ4n) is 3.77. The third-order valence-corrected chi connectivity index (χ3v) is 5.43. The van der Waals surface area contributed by atoms with Crippen molar-refractivity contribution in [3.05, 3.63) is 130 Å². The van der Waals surface area contributed by atoms with Gasteiger partial charge in [0.05, 0.1) is 22.8 Å². The Hall–Kier alpha value is -3.78. The summed E-state index contributed by atoms with van der Waals surface area (Å²) in [7, 11) is 0. The quantitative estimate of drug-likeness (QED) is 0.313. The summed E-state index contributed by atoms with van der Waals surface area (Å²) in [5, 5.41) is 0. The van der Waals surface area contributed by atoms with Gasteiger partial charge < -0.3 is 0 Å². The molecule has 30 heavy (non-hydrogen) atoms. The lowest BCUT2D eigenvalue weighted by Gasteiger charge is -2.18. The van der Waals surface area contributed by atoms with Crippen LogP contribution in [0.5, 0.6) is 0 Å². The molecule has 0 saturated heterocycles. The zero-order valence-corrected chi connectivity index (χ0v) is 17.1. The summed E-state index contributed by atoms with van der Waals surface area (Å²) >= 11 is 0. The van der Waals surface area contributed by atoms with E-state index in [2.05, 4.69) is 86.6 Å². The molecule has 0 spiro atoms. The first-order valence-corrected chi connectivity index (χ1v) is 10.2. The summed E-state index contributed by atoms with van der Waals surface area (Å²) in [6, 6.07) is 33.7. The lowest BCUT2D eigenvalue weighted by Crippen LogP contribution is -2.14. The number of hydrogen-bond acceptors (Lipinski definition) is 2. The van der Waals surface area contributed by atoms with Gasteiger partial charge in [-0.2, -0.15) is 0 Å². The largest absolute Gasteiger partial charge is 0.245 e. The number of fused-ring (bicyclic) bond motifs is 2. The lowest BCUT2D eigenvalue weighted by atomic mass is 9.91. The Labute approximate surface area is 177 Å². The van der Waals surface area contributed by atoms with Crippen molar-refractivity contribution in [1.29, 1.82) is 0 Å². The number of benzene rings is 4. The maximum absolute atomic E-state index is 5.09. The fraction of sp³-hybridized carbons (Fsp3) is 0.0714. The first-order valence-electron chi connectivity index (χ1n) is 10.2. The molecular weight excluding hydrogens is 364 g/mol. The van der Waals surface area contributed by atoms with Crippen molar-refractivity contribution in [2.45, 2.75) is 13.8 Å². The van der Waals surface area contributed by atoms with Crippen molar-refractivity contribution in [2.75, 3.05) is 0 Å². The molecule has 4 aromatic rings. The van der Waals surface area contributed by atoms with Crippen LogP contribution in [0.2, 0.25) is 0 Å². The summed E-state index contributed by atoms with van der Waals surface area (Å²) in [6.07, 6.45) is 0. The van der Waals surface area contributed by atoms with Crippen LogP contribution in [0.1, 0.15) is 33.4 Å². The van der Waals surface area contributed by atoms with E-state index in [1.54, 1.807) is 0 Å². The Morgan fingerprint density at radius 3 is 1.20 bits per heavy atom. The second kappa shape index (κ2) is 7.57. The number of aliphatic imine (C=N–C) groups is 2. The molecule has 4 aromatic carbocycles. The van der Waals surface area contributed by atoms with E-state index in [4.69, 9.17) is 9.98 Å². The van der Waals surface area contributed by atoms with Crippen molar-refractivity contribution in [2.24, 2.45) is 9.98 Å². The highest BCUT2D eigenvalue weighted by Gasteiger charge is 2.20. The first-order chi connectivity index (χ1) is 14.7. The molecule has 0 saturated carbocycles. The van der Waals surface area contributed by atoms with E-state index in [0.29, 0.717) is 0 Å². The molecule has 0 N–H and O–H groups in total. The molecule has 1 aliphatic rings. The standard InChI is InChI=1S/C28H22N2/c1-19-11-15-21(16-12-19)27-23-7-3-4-8-24(23)28(22-17-13-20(2)14-18-22)30-26-10-6-5-9-25(26)29-27/h3-18H,1-2H3. The summed E-state index contributed by atoms with van der Waals surface area (Å²) in [5.74, 6) is 0. The second-order valence-corrected chi connectivity index (χ2v) is 7.69. The summed E-state index contributed by atoms with van der Waals surface area (Å²) in [6.45, 7) is 4.21. The highest BCUT2D eigenvalue weighted by molar-refractivity contribution is 6.25. The average molecular weight is 386 g/mol. The molecule has 144 valence electrons. The van der Waals surface area contributed by atoms with E-state index in [1.165, 1.54) is 11.1 Å². The van der Waals surface area contributed by atoms with E-state index in [0.717, 1.165) is 45.1 Å². The highest BCUT2D eigenvalue weighted by Crippen LogP contribution is 2.34. The molecule has 0 unspecified atom stereocenters. The Morgan fingerprint density at radius 2 is 0.800 bits per heavy atom. The smallest absolute Gasteiger partial charge is 0.0894 e. The molecule has 0 bridgehead atoms. The SMILES string of the molecule is Cc1ccc(C2=Nc3ccccc3N=C(c3ccc(C)cc3)c3ccccc32)cc1. The summed E-state index contributed by atoms with van der Waals surface area (Å²) in [4.78, 5) is 10.2. The Balaban J connectivity index is 1.82. The van der Waals surface area contributed by atoms with Crippen molar-refractivity contribution in [1.82, 2.24) is 0 Å². The minimum Gasteiger partial charge on any atom is -0.245 e. The van der Waals surface area contributed by atoms with Crippen LogP contribution in [0.15, 0.2) is 107 Å². The van der Waals surface area contributed by atoms with E-state index in [-0.39, 0.29) is 0 Å². The lowest BCUT2D eigenvalue weighted by molar-refractivity contribution is 1.38. The third kappa shape index (κ3) is 3.37. The number of aryl methyl sites for hydroxylation is 2. The molecular formula is C28H22N2. The van der Waals surface area contributed by atoms with Crippen molar-refractivity contribution < 1.29 is 0 Å². The molecule has 2 heteroatoms. The van der Waals surface area contributed by atoms with Crippen LogP contribution in [0.3, 0.4) is 0 Å². The molecule has 0 aromatic heterocycles. The van der Waals surface area contributed by atoms with Crippen LogP contribution in [0.25, 0.3) is 0 Å². The van der Waals surface area contributed by atoms with Gasteiger partial charge in [0.1, 0.15) is 0 Å². The minimum atomic E-state index is 0.882. The Morgan fingerprint density at radius 1 is 0.433 bits per heavy atom. The number of rotatable bonds is 2. The average Bonchev–Trinajstić information content (AvgIpc) is 2.77. The van der Waals surface area contributed by atoms with Crippen molar-refractivity contribution in [3.63, 3.8) is 0 Å². The van der Waals surface area contributed by atoms with Crippen molar-refractivity contribution >= 4 is 22.8 Å². The van der Waals surface area contributed by atoms with Crippen LogP contribution in [0, 0.1) is 13.8 Å². The normalized spacial score (nSPS) is 12.7. The summed E-state index contributed by atoms with van der Waals surface area (Å²) in [5.41, 5.74) is 10.6. The molecule has 2 nitrogen and oxygen atoms in total. The maximum atomic E-state index is 5.09. The van der Waals surface area contributed by atoms with E-state index < -0.39 is 0 Å². The van der Waals surface area contributed by atoms with E-state index in [9.17, 15) is 0 Å². The maximum Gasteiger partial charge on any atom is 0.0894 e. The van der Waals surface area contributed by atoms with Crippen LogP contribution in [-0.4, -0.2) is 11.4 Å². The predicted molar refractivity (Wildman–Crippen MR) is 126 cm³/mol. The van der Waals surface area contributed by atoms with Crippen LogP contribution >= 0.6 is 0 Å². The van der Waals surface area contributed by atoms with Gasteiger partial charge in [-0.25, -0.2) is 9.98 Å². The van der Waals surface area contributed by atoms with Crippen LogP contribution < -0.4 is 0 Å². The van der Waals surface area contributed by atoms with Crippen molar-refractivity contribution in [3.8, 4) is 0 Å². The number of nitrogens with zero attached hydrogens (tertiary/aromatic N) is 2. The van der Waals surface area contributed by atoms with E-state index >= 15 is 0 Å². The number of para-hydroxylation sites is 2. The second-order valence-electron chi connectivity index (χ2n) is 7.69. The van der Waals surface area contributed by atoms with Gasteiger partial charge in [-0.05, 0) is 26.0 Å². The first kappa shape index (κ1) is 18.3. The third-order valence-electron chi connectivity index (χ3n) is 5.43. The topological polar surface area (TPSA) is 24.7 Å². The van der Waals surface area contributed by atoms with Gasteiger partial charge >= 0.3 is 0 Å². The molecule has 1 aliphatic heterocycles. The molecule has 5 rings (SSSR count). The predicted octanol–water partition coefficient (Wildman–Crippen LogP) is 6.96. The van der Waals surface area contributed by atoms with Gasteiger partial charge in [-0.1, -0.05) is 96.1 Å². The monoisotopic (exact) mass is 386 g/mol. The zero-order chi connectivity index (χ0) is 20.5. The van der Waals surface area contributed by atoms with E-state index in [1.807, 2.05) is 24.3 Å². The van der Waals surface area contributed by atoms with Gasteiger partial charge in [0.15, 0.2) is 0 Å². The zero-order valence-electron chi connectivity index (χ0n) is 17.1. The Bertz CT molecular complexity index is 1180. The minimum absolute atomic E-state index is 0.882. The summed E-state index contributed by atoms with van der Waals surface area (Å²) < 4.78 is 0. The van der Waals surface area contributed by atoms with Gasteiger partial charge in [-0.3, -0.25) is 0 Å². The molecule has 0 atom stereocenters. The molecule has 0 amide bonds. The molecule has 0 fully saturated rings. The Kier molecular flexibility index (Phi) is 4.61. The van der Waals surface area contributed by atoms with Gasteiger partial charge in [0.25, 0.3) is 0 Å². The number of hydrogen-bond donors (Lipinski definition) is 0.